The van der Waals surface area contributed by atoms with Crippen molar-refractivity contribution in [2.75, 3.05) is 65.7 Å². The number of nitrogens with zero attached hydrogens (tertiary/aromatic N) is 4. The van der Waals surface area contributed by atoms with E-state index in [4.69, 9.17) is 28.4 Å². The number of carbonyl (C=O) groups is 4. The Hall–Kier alpha value is -5.70. The highest BCUT2D eigenvalue weighted by Gasteiger charge is 2.42. The van der Waals surface area contributed by atoms with Crippen molar-refractivity contribution in [1.29, 1.82) is 0 Å². The number of ether oxygens (including phenoxy) is 6. The van der Waals surface area contributed by atoms with Gasteiger partial charge in [0.15, 0.2) is 24.8 Å². The van der Waals surface area contributed by atoms with Crippen LogP contribution >= 0.6 is 0 Å². The molecule has 8 rings (SSSR count). The van der Waals surface area contributed by atoms with E-state index >= 15 is 9.59 Å². The number of amides is 2. The molecule has 4 heterocycles. The van der Waals surface area contributed by atoms with Gasteiger partial charge in [-0.1, -0.05) is 100 Å². The molecule has 4 unspecified atom stereocenters. The highest BCUT2D eigenvalue weighted by atomic mass is 19.1. The largest absolute Gasteiger partial charge is 0.445 e. The molecule has 2 N–H and O–H groups in total. The van der Waals surface area contributed by atoms with Gasteiger partial charge in [0, 0.05) is 88.4 Å². The van der Waals surface area contributed by atoms with E-state index in [2.05, 4.69) is 9.80 Å². The predicted octanol–water partition coefficient (Wildman–Crippen LogP) is 8.09. The number of rotatable bonds is 23. The lowest BCUT2D eigenvalue weighted by molar-refractivity contribution is -0.185. The van der Waals surface area contributed by atoms with Crippen LogP contribution in [0.1, 0.15) is 136 Å². The topological polar surface area (TPSA) is 177 Å². The maximum Gasteiger partial charge on any atom is 0.339 e. The minimum atomic E-state index is -2.57. The Morgan fingerprint density at radius 1 is 0.512 bits per heavy atom. The van der Waals surface area contributed by atoms with E-state index in [-0.39, 0.29) is 60.7 Å². The lowest BCUT2D eigenvalue weighted by Gasteiger charge is -2.40. The van der Waals surface area contributed by atoms with E-state index in [0.29, 0.717) is 102 Å². The van der Waals surface area contributed by atoms with Crippen LogP contribution in [0.15, 0.2) is 97.1 Å². The summed E-state index contributed by atoms with van der Waals surface area (Å²) >= 11 is 0. The zero-order valence-corrected chi connectivity index (χ0v) is 46.7. The van der Waals surface area contributed by atoms with Crippen molar-refractivity contribution in [3.63, 3.8) is 0 Å². The van der Waals surface area contributed by atoms with E-state index in [9.17, 15) is 28.6 Å². The third kappa shape index (κ3) is 16.7. The van der Waals surface area contributed by atoms with Gasteiger partial charge in [-0.3, -0.25) is 9.59 Å². The van der Waals surface area contributed by atoms with Gasteiger partial charge in [0.25, 0.3) is 11.8 Å². The number of esters is 2. The van der Waals surface area contributed by atoms with Crippen molar-refractivity contribution in [2.45, 2.75) is 153 Å². The molecule has 0 aromatic heterocycles. The van der Waals surface area contributed by atoms with Crippen LogP contribution in [0.5, 0.6) is 0 Å². The Labute approximate surface area is 469 Å². The summed E-state index contributed by atoms with van der Waals surface area (Å²) in [6.45, 7) is 14.8. The summed E-state index contributed by atoms with van der Waals surface area (Å²) in [5.74, 6) is -4.86. The average molecular weight is 1110 g/mol. The van der Waals surface area contributed by atoms with Gasteiger partial charge < -0.3 is 58.2 Å². The Morgan fingerprint density at radius 2 is 0.825 bits per heavy atom. The van der Waals surface area contributed by atoms with Gasteiger partial charge in [-0.05, 0) is 96.9 Å². The molecule has 16 nitrogen and oxygen atoms in total. The van der Waals surface area contributed by atoms with Crippen LogP contribution in [0.25, 0.3) is 0 Å². The van der Waals surface area contributed by atoms with Crippen LogP contribution < -0.4 is 0 Å². The lowest BCUT2D eigenvalue weighted by Crippen LogP contribution is -2.50. The number of hydrogen-bond donors (Lipinski definition) is 2. The Balaban J connectivity index is 1.02. The average Bonchev–Trinajstić information content (AvgIpc) is 3.53. The number of likely N-dealkylation sites (tertiary alicyclic amines) is 2. The molecular weight excluding hydrogens is 1030 g/mol. The second-order valence-electron chi connectivity index (χ2n) is 22.1. The molecule has 4 aliphatic heterocycles. The summed E-state index contributed by atoms with van der Waals surface area (Å²) in [6, 6.07) is 24.8. The fourth-order valence-corrected chi connectivity index (χ4v) is 10.8. The monoisotopic (exact) mass is 1110 g/mol. The molecule has 4 atom stereocenters. The fourth-order valence-electron chi connectivity index (χ4n) is 10.8. The highest BCUT2D eigenvalue weighted by Crippen LogP contribution is 2.32. The number of carbonyl (C=O) groups excluding carboxylic acids is 4. The Morgan fingerprint density at radius 3 is 1.14 bits per heavy atom. The summed E-state index contributed by atoms with van der Waals surface area (Å²) in [4.78, 5) is 66.8. The maximum atomic E-state index is 15.2. The number of aliphatic hydroxyl groups excluding tert-OH is 2. The van der Waals surface area contributed by atoms with Crippen LogP contribution in [-0.2, 0) is 60.7 Å². The van der Waals surface area contributed by atoms with Crippen LogP contribution in [0.3, 0.4) is 0 Å². The van der Waals surface area contributed by atoms with Gasteiger partial charge in [0.05, 0.1) is 26.4 Å². The zero-order chi connectivity index (χ0) is 56.7. The quantitative estimate of drug-likeness (QED) is 0.0682. The first-order valence-corrected chi connectivity index (χ1v) is 28.6. The van der Waals surface area contributed by atoms with Crippen LogP contribution in [0.4, 0.5) is 8.78 Å². The molecule has 4 aromatic carbocycles. The van der Waals surface area contributed by atoms with Crippen molar-refractivity contribution in [1.82, 2.24) is 19.6 Å². The standard InChI is InChI=1S/C62H80F2N4O12/c1-41(2)45-11-15-47(16-12-45)57(59(71)67(39-43-7-19-49(63)20-8-43)51-23-29-65(30-24-51)33-27-53-75-35-5-36-76-53)79-61(73)55(69)56(70)62(74)80-58(48-17-13-46(14-18-48)42(3)4)60(72)68(40-44-9-21-50(64)22-10-44)52-25-31-66(32-26-52)34-28-54-77-37-6-38-78-54/h7-22,41-42,51-58,69-70H,5-6,23-40H2,1-4H3. The molecule has 18 heteroatoms. The van der Waals surface area contributed by atoms with Crippen molar-refractivity contribution >= 4 is 23.8 Å². The fraction of sp³-hybridized carbons (Fsp3) is 0.548. The molecule has 80 heavy (non-hydrogen) atoms. The van der Waals surface area contributed by atoms with E-state index < -0.39 is 59.8 Å². The lowest BCUT2D eigenvalue weighted by atomic mass is 9.97. The van der Waals surface area contributed by atoms with Crippen LogP contribution in [-0.4, -0.2) is 156 Å². The van der Waals surface area contributed by atoms with Gasteiger partial charge in [-0.15, -0.1) is 0 Å². The second kappa shape index (κ2) is 29.3. The molecule has 4 fully saturated rings. The molecule has 4 saturated heterocycles. The normalized spacial score (nSPS) is 19.1. The number of halogens is 2. The summed E-state index contributed by atoms with van der Waals surface area (Å²) in [5, 5.41) is 23.2. The van der Waals surface area contributed by atoms with Gasteiger partial charge in [-0.25, -0.2) is 18.4 Å². The van der Waals surface area contributed by atoms with E-state index in [1.165, 1.54) is 24.3 Å². The second-order valence-corrected chi connectivity index (χ2v) is 22.1. The molecule has 2 amide bonds. The van der Waals surface area contributed by atoms with Gasteiger partial charge in [-0.2, -0.15) is 0 Å². The maximum absolute atomic E-state index is 15.2. The Kier molecular flexibility index (Phi) is 22.1. The minimum absolute atomic E-state index is 0.0410. The van der Waals surface area contributed by atoms with Crippen LogP contribution in [0.2, 0.25) is 0 Å². The summed E-state index contributed by atoms with van der Waals surface area (Å²) in [6.07, 6.45) is -3.64. The molecule has 4 aromatic rings. The van der Waals surface area contributed by atoms with Crippen LogP contribution in [0, 0.1) is 11.6 Å². The third-order valence-corrected chi connectivity index (χ3v) is 15.8. The van der Waals surface area contributed by atoms with Gasteiger partial charge in [0.2, 0.25) is 12.2 Å². The first-order valence-electron chi connectivity index (χ1n) is 28.6. The number of benzene rings is 4. The molecule has 0 radical (unpaired) electrons. The van der Waals surface area contributed by atoms with Crippen molar-refractivity contribution < 1.29 is 66.6 Å². The SMILES string of the molecule is CC(C)c1ccc(C(OC(=O)C(O)C(O)C(=O)OC(C(=O)N(Cc2ccc(F)cc2)C2CCN(CCC3OCCCO3)CC2)c2ccc(C(C)C)cc2)C(=O)N(Cc2ccc(F)cc2)C2CCN(CCC3OCCCO3)CC2)cc1. The molecule has 0 spiro atoms. The van der Waals surface area contributed by atoms with E-state index in [1.54, 1.807) is 58.3 Å². The first kappa shape index (κ1) is 60.4. The van der Waals surface area contributed by atoms with E-state index in [1.807, 2.05) is 52.0 Å². The molecule has 0 aliphatic carbocycles. The number of aliphatic hydroxyl groups is 2. The molecule has 0 bridgehead atoms. The van der Waals surface area contributed by atoms with Crippen molar-refractivity contribution in [2.24, 2.45) is 0 Å². The number of piperidine rings is 2. The summed E-state index contributed by atoms with van der Waals surface area (Å²) in [7, 11) is 0. The summed E-state index contributed by atoms with van der Waals surface area (Å²) in [5.41, 5.74) is 3.72. The number of hydrogen-bond acceptors (Lipinski definition) is 14. The first-order chi connectivity index (χ1) is 38.6. The van der Waals surface area contributed by atoms with E-state index in [0.717, 1.165) is 37.1 Å². The minimum Gasteiger partial charge on any atom is -0.445 e. The third-order valence-electron chi connectivity index (χ3n) is 15.8. The smallest absolute Gasteiger partial charge is 0.339 e. The van der Waals surface area contributed by atoms with Crippen molar-refractivity contribution in [3.8, 4) is 0 Å². The summed E-state index contributed by atoms with van der Waals surface area (Å²) < 4.78 is 63.4. The molecule has 434 valence electrons. The zero-order valence-electron chi connectivity index (χ0n) is 46.7. The molecule has 4 aliphatic rings. The van der Waals surface area contributed by atoms with Gasteiger partial charge in [0.1, 0.15) is 11.6 Å². The predicted molar refractivity (Wildman–Crippen MR) is 293 cm³/mol. The molecular formula is C62H80F2N4O12. The highest BCUT2D eigenvalue weighted by molar-refractivity contribution is 5.91. The Bertz CT molecular complexity index is 2400. The van der Waals surface area contributed by atoms with Gasteiger partial charge >= 0.3 is 11.9 Å². The van der Waals surface area contributed by atoms with Crippen molar-refractivity contribution in [3.05, 3.63) is 142 Å². The molecule has 0 saturated carbocycles.